The summed E-state index contributed by atoms with van der Waals surface area (Å²) in [5.74, 6) is -0.784. The van der Waals surface area contributed by atoms with E-state index in [4.69, 9.17) is 0 Å². The molecule has 0 radical (unpaired) electrons. The normalized spacial score (nSPS) is 10.6. The van der Waals surface area contributed by atoms with Crippen molar-refractivity contribution in [1.29, 1.82) is 0 Å². The lowest BCUT2D eigenvalue weighted by molar-refractivity contribution is 0.101. The molecule has 4 aromatic rings. The van der Waals surface area contributed by atoms with Crippen molar-refractivity contribution in [1.82, 2.24) is 14.3 Å². The molecule has 0 spiro atoms. The van der Waals surface area contributed by atoms with Gasteiger partial charge < -0.3 is 10.6 Å². The Kier molecular flexibility index (Phi) is 5.67. The molecule has 0 unspecified atom stereocenters. The van der Waals surface area contributed by atoms with E-state index in [2.05, 4.69) is 15.6 Å². The van der Waals surface area contributed by atoms with E-state index in [0.717, 1.165) is 0 Å². The molecule has 0 atom stereocenters. The van der Waals surface area contributed by atoms with Gasteiger partial charge in [-0.1, -0.05) is 24.3 Å². The number of nitrogens with one attached hydrogen (secondary N) is 2. The first-order chi connectivity index (χ1) is 15.5. The van der Waals surface area contributed by atoms with Gasteiger partial charge in [0.15, 0.2) is 0 Å². The summed E-state index contributed by atoms with van der Waals surface area (Å²) in [6.07, 6.45) is 3.04. The monoisotopic (exact) mass is 427 g/mol. The summed E-state index contributed by atoms with van der Waals surface area (Å²) in [6, 6.07) is 19.0. The van der Waals surface area contributed by atoms with E-state index in [1.165, 1.54) is 10.9 Å². The number of benzene rings is 2. The molecule has 2 amide bonds. The van der Waals surface area contributed by atoms with Crippen LogP contribution < -0.4 is 16.2 Å². The second kappa shape index (κ2) is 8.73. The Labute approximate surface area is 184 Å². The fourth-order valence-corrected chi connectivity index (χ4v) is 3.34. The fourth-order valence-electron chi connectivity index (χ4n) is 3.34. The molecule has 2 aromatic heterocycles. The zero-order valence-electron chi connectivity index (χ0n) is 17.6. The molecule has 2 aromatic carbocycles. The van der Waals surface area contributed by atoms with Gasteiger partial charge >= 0.3 is 0 Å². The SMILES string of the molecule is Cc1c(NC(=O)c2cccc(NC(=O)c3cccnc3)c2)c(=O)n(-c2ccccc2)n1C. The van der Waals surface area contributed by atoms with Crippen LogP contribution in [0.3, 0.4) is 0 Å². The van der Waals surface area contributed by atoms with Crippen molar-refractivity contribution in [3.8, 4) is 5.69 Å². The van der Waals surface area contributed by atoms with Gasteiger partial charge in [-0.15, -0.1) is 0 Å². The van der Waals surface area contributed by atoms with Gasteiger partial charge in [0, 0.05) is 30.7 Å². The van der Waals surface area contributed by atoms with Gasteiger partial charge in [0.2, 0.25) is 0 Å². The van der Waals surface area contributed by atoms with Crippen LogP contribution in [0.15, 0.2) is 83.9 Å². The molecule has 0 saturated carbocycles. The third kappa shape index (κ3) is 4.06. The Hall–Kier alpha value is -4.46. The van der Waals surface area contributed by atoms with Crippen molar-refractivity contribution in [3.63, 3.8) is 0 Å². The maximum absolute atomic E-state index is 13.0. The molecule has 0 aliphatic rings. The molecule has 2 N–H and O–H groups in total. The Morgan fingerprint density at radius 2 is 1.59 bits per heavy atom. The summed E-state index contributed by atoms with van der Waals surface area (Å²) in [5.41, 5.74) is 2.36. The molecule has 32 heavy (non-hydrogen) atoms. The average molecular weight is 427 g/mol. The van der Waals surface area contributed by atoms with Crippen molar-refractivity contribution in [2.24, 2.45) is 7.05 Å². The Morgan fingerprint density at radius 3 is 2.31 bits per heavy atom. The van der Waals surface area contributed by atoms with Crippen LogP contribution in [0.4, 0.5) is 11.4 Å². The largest absolute Gasteiger partial charge is 0.322 e. The summed E-state index contributed by atoms with van der Waals surface area (Å²) in [4.78, 5) is 42.2. The highest BCUT2D eigenvalue weighted by Crippen LogP contribution is 2.17. The fraction of sp³-hybridized carbons (Fsp3) is 0.0833. The smallest absolute Gasteiger partial charge is 0.295 e. The third-order valence-corrected chi connectivity index (χ3v) is 5.10. The van der Waals surface area contributed by atoms with E-state index in [1.54, 1.807) is 61.2 Å². The van der Waals surface area contributed by atoms with Gasteiger partial charge in [-0.05, 0) is 49.4 Å². The van der Waals surface area contributed by atoms with Gasteiger partial charge in [-0.3, -0.25) is 24.0 Å². The zero-order chi connectivity index (χ0) is 22.7. The standard InChI is InChI=1S/C24H21N5O3/c1-16-21(24(32)29(28(16)2)20-11-4-3-5-12-20)27-22(30)17-8-6-10-19(14-17)26-23(31)18-9-7-13-25-15-18/h3-15H,1-2H3,(H,26,31)(H,27,30). The maximum Gasteiger partial charge on any atom is 0.295 e. The number of para-hydroxylation sites is 1. The molecule has 0 aliphatic heterocycles. The van der Waals surface area contributed by atoms with E-state index in [-0.39, 0.29) is 17.2 Å². The molecule has 0 aliphatic carbocycles. The predicted octanol–water partition coefficient (Wildman–Crippen LogP) is 3.38. The highest BCUT2D eigenvalue weighted by atomic mass is 16.2. The summed E-state index contributed by atoms with van der Waals surface area (Å²) >= 11 is 0. The molecule has 8 heteroatoms. The van der Waals surface area contributed by atoms with E-state index in [1.807, 2.05) is 30.3 Å². The minimum Gasteiger partial charge on any atom is -0.322 e. The minimum absolute atomic E-state index is 0.200. The lowest BCUT2D eigenvalue weighted by Gasteiger charge is -2.08. The number of carbonyl (C=O) groups excluding carboxylic acids is 2. The molecule has 0 saturated heterocycles. The summed E-state index contributed by atoms with van der Waals surface area (Å²) in [6.45, 7) is 1.76. The maximum atomic E-state index is 13.0. The number of hydrogen-bond donors (Lipinski definition) is 2. The van der Waals surface area contributed by atoms with Gasteiger partial charge in [0.25, 0.3) is 17.4 Å². The van der Waals surface area contributed by atoms with Crippen molar-refractivity contribution in [2.75, 3.05) is 10.6 Å². The van der Waals surface area contributed by atoms with E-state index in [0.29, 0.717) is 28.2 Å². The van der Waals surface area contributed by atoms with Gasteiger partial charge in [0.05, 0.1) is 16.9 Å². The average Bonchev–Trinajstić information content (AvgIpc) is 3.03. The van der Waals surface area contributed by atoms with Gasteiger partial charge in [0.1, 0.15) is 5.69 Å². The number of pyridine rings is 1. The van der Waals surface area contributed by atoms with E-state index < -0.39 is 5.91 Å². The molecule has 2 heterocycles. The number of amides is 2. The first-order valence-corrected chi connectivity index (χ1v) is 9.92. The summed E-state index contributed by atoms with van der Waals surface area (Å²) in [7, 11) is 1.76. The molecular weight excluding hydrogens is 406 g/mol. The van der Waals surface area contributed by atoms with Crippen LogP contribution >= 0.6 is 0 Å². The van der Waals surface area contributed by atoms with Crippen LogP contribution in [-0.4, -0.2) is 26.2 Å². The Balaban J connectivity index is 1.57. The lowest BCUT2D eigenvalue weighted by Crippen LogP contribution is -2.23. The number of aromatic nitrogens is 3. The molecular formula is C24H21N5O3. The van der Waals surface area contributed by atoms with E-state index in [9.17, 15) is 14.4 Å². The quantitative estimate of drug-likeness (QED) is 0.510. The highest BCUT2D eigenvalue weighted by molar-refractivity contribution is 6.07. The van der Waals surface area contributed by atoms with Crippen LogP contribution in [0.5, 0.6) is 0 Å². The van der Waals surface area contributed by atoms with Crippen LogP contribution in [0.1, 0.15) is 26.4 Å². The summed E-state index contributed by atoms with van der Waals surface area (Å²) in [5, 5.41) is 5.47. The van der Waals surface area contributed by atoms with Crippen molar-refractivity contribution in [3.05, 3.63) is 106 Å². The van der Waals surface area contributed by atoms with Crippen molar-refractivity contribution < 1.29 is 9.59 Å². The van der Waals surface area contributed by atoms with Crippen LogP contribution in [0.25, 0.3) is 5.69 Å². The Morgan fingerprint density at radius 1 is 0.875 bits per heavy atom. The first-order valence-electron chi connectivity index (χ1n) is 9.92. The van der Waals surface area contributed by atoms with Crippen LogP contribution in [-0.2, 0) is 7.05 Å². The van der Waals surface area contributed by atoms with E-state index >= 15 is 0 Å². The van der Waals surface area contributed by atoms with Crippen LogP contribution in [0.2, 0.25) is 0 Å². The topological polar surface area (TPSA) is 98.0 Å². The number of hydrogen-bond acceptors (Lipinski definition) is 4. The highest BCUT2D eigenvalue weighted by Gasteiger charge is 2.19. The lowest BCUT2D eigenvalue weighted by atomic mass is 10.1. The number of rotatable bonds is 5. The number of nitrogens with zero attached hydrogens (tertiary/aromatic N) is 3. The van der Waals surface area contributed by atoms with Crippen molar-refractivity contribution in [2.45, 2.75) is 6.92 Å². The number of carbonyl (C=O) groups is 2. The molecule has 8 nitrogen and oxygen atoms in total. The predicted molar refractivity (Wildman–Crippen MR) is 122 cm³/mol. The van der Waals surface area contributed by atoms with Gasteiger partial charge in [-0.25, -0.2) is 4.68 Å². The first kappa shape index (κ1) is 20.8. The van der Waals surface area contributed by atoms with Crippen LogP contribution in [0, 0.1) is 6.92 Å². The van der Waals surface area contributed by atoms with Crippen molar-refractivity contribution >= 4 is 23.2 Å². The minimum atomic E-state index is -0.450. The summed E-state index contributed by atoms with van der Waals surface area (Å²) < 4.78 is 3.19. The molecule has 0 bridgehead atoms. The number of anilines is 2. The Bertz CT molecular complexity index is 1340. The zero-order valence-corrected chi connectivity index (χ0v) is 17.6. The molecule has 160 valence electrons. The molecule has 4 rings (SSSR count). The second-order valence-corrected chi connectivity index (χ2v) is 7.17. The second-order valence-electron chi connectivity index (χ2n) is 7.17. The molecule has 0 fully saturated rings. The third-order valence-electron chi connectivity index (χ3n) is 5.10. The van der Waals surface area contributed by atoms with Gasteiger partial charge in [-0.2, -0.15) is 0 Å².